The van der Waals surface area contributed by atoms with Gasteiger partial charge in [-0.05, 0) is 15.9 Å². The minimum Gasteiger partial charge on any atom is -0.248 e. The number of halogens is 7. The van der Waals surface area contributed by atoms with Gasteiger partial charge in [0.15, 0.2) is 0 Å². The van der Waals surface area contributed by atoms with Gasteiger partial charge in [-0.15, -0.1) is 0 Å². The Morgan fingerprint density at radius 3 is 2.27 bits per heavy atom. The normalized spacial score (nSPS) is 12.3. The number of pyridine rings is 1. The van der Waals surface area contributed by atoms with Gasteiger partial charge in [0, 0.05) is 6.20 Å². The van der Waals surface area contributed by atoms with Crippen molar-refractivity contribution in [2.45, 2.75) is 12.6 Å². The molecule has 0 atom stereocenters. The van der Waals surface area contributed by atoms with Crippen LogP contribution in [-0.2, 0) is 6.18 Å². The first-order valence-electron chi connectivity index (χ1n) is 3.44. The van der Waals surface area contributed by atoms with Crippen LogP contribution in [0.2, 0.25) is 5.02 Å². The van der Waals surface area contributed by atoms with E-state index in [9.17, 15) is 22.0 Å². The molecule has 15 heavy (non-hydrogen) atoms. The van der Waals surface area contributed by atoms with Crippen molar-refractivity contribution in [3.63, 3.8) is 0 Å². The topological polar surface area (TPSA) is 12.9 Å². The van der Waals surface area contributed by atoms with Gasteiger partial charge in [0.2, 0.25) is 0 Å². The summed E-state index contributed by atoms with van der Waals surface area (Å²) in [5.74, 6) is 0. The summed E-state index contributed by atoms with van der Waals surface area (Å²) in [6, 6.07) is 0. The summed E-state index contributed by atoms with van der Waals surface area (Å²) < 4.78 is 61.0. The predicted molar refractivity (Wildman–Crippen MR) is 46.9 cm³/mol. The first-order chi connectivity index (χ1) is 6.75. The van der Waals surface area contributed by atoms with Gasteiger partial charge in [0.25, 0.3) is 6.43 Å². The summed E-state index contributed by atoms with van der Waals surface area (Å²) in [4.78, 5) is 3.16. The zero-order valence-electron chi connectivity index (χ0n) is 6.75. The fourth-order valence-electron chi connectivity index (χ4n) is 0.867. The molecule has 0 fully saturated rings. The maximum absolute atomic E-state index is 12.3. The molecule has 0 spiro atoms. The van der Waals surface area contributed by atoms with Crippen LogP contribution in [0.3, 0.4) is 0 Å². The summed E-state index contributed by atoms with van der Waals surface area (Å²) in [6.45, 7) is 0. The molecule has 1 heterocycles. The molecular weight excluding hydrogens is 308 g/mol. The first kappa shape index (κ1) is 12.6. The van der Waals surface area contributed by atoms with E-state index in [0.717, 1.165) is 0 Å². The zero-order chi connectivity index (χ0) is 11.8. The van der Waals surface area contributed by atoms with Crippen molar-refractivity contribution >= 4 is 27.5 Å². The van der Waals surface area contributed by atoms with Crippen molar-refractivity contribution in [3.8, 4) is 0 Å². The average molecular weight is 310 g/mol. The van der Waals surface area contributed by atoms with Crippen molar-refractivity contribution in [1.82, 2.24) is 4.98 Å². The van der Waals surface area contributed by atoms with Crippen molar-refractivity contribution in [1.29, 1.82) is 0 Å². The number of alkyl halides is 5. The van der Waals surface area contributed by atoms with Gasteiger partial charge in [-0.1, -0.05) is 11.6 Å². The molecule has 0 radical (unpaired) electrons. The lowest BCUT2D eigenvalue weighted by molar-refractivity contribution is -0.137. The Kier molecular flexibility index (Phi) is 3.55. The first-order valence-corrected chi connectivity index (χ1v) is 4.61. The monoisotopic (exact) mass is 309 g/mol. The number of aromatic nitrogens is 1. The van der Waals surface area contributed by atoms with E-state index >= 15 is 0 Å². The molecule has 0 aliphatic carbocycles. The lowest BCUT2D eigenvalue weighted by atomic mass is 10.2. The van der Waals surface area contributed by atoms with E-state index in [1.165, 1.54) is 0 Å². The highest BCUT2D eigenvalue weighted by Gasteiger charge is 2.36. The van der Waals surface area contributed by atoms with Gasteiger partial charge >= 0.3 is 6.18 Å². The molecule has 0 aliphatic heterocycles. The highest BCUT2D eigenvalue weighted by atomic mass is 79.9. The SMILES string of the molecule is FC(F)c1c(Br)ncc(C(F)(F)F)c1Cl. The van der Waals surface area contributed by atoms with Crippen LogP contribution in [0, 0.1) is 0 Å². The second-order valence-corrected chi connectivity index (χ2v) is 3.62. The third kappa shape index (κ3) is 2.57. The van der Waals surface area contributed by atoms with Crippen LogP contribution in [0.5, 0.6) is 0 Å². The van der Waals surface area contributed by atoms with Gasteiger partial charge < -0.3 is 0 Å². The number of hydrogen-bond donors (Lipinski definition) is 0. The summed E-state index contributed by atoms with van der Waals surface area (Å²) in [6.07, 6.45) is -7.52. The Morgan fingerprint density at radius 2 is 1.87 bits per heavy atom. The molecular formula is C7H2BrClF5N. The average Bonchev–Trinajstić information content (AvgIpc) is 2.00. The second kappa shape index (κ2) is 4.21. The van der Waals surface area contributed by atoms with E-state index < -0.39 is 33.4 Å². The third-order valence-electron chi connectivity index (χ3n) is 1.53. The Labute approximate surface area is 94.4 Å². The number of rotatable bonds is 1. The lowest BCUT2D eigenvalue weighted by Crippen LogP contribution is -2.09. The molecule has 1 aromatic heterocycles. The van der Waals surface area contributed by atoms with Crippen molar-refractivity contribution in [2.75, 3.05) is 0 Å². The highest BCUT2D eigenvalue weighted by molar-refractivity contribution is 9.10. The van der Waals surface area contributed by atoms with Crippen LogP contribution in [0.4, 0.5) is 22.0 Å². The summed E-state index contributed by atoms with van der Waals surface area (Å²) in [7, 11) is 0. The molecule has 1 nitrogen and oxygen atoms in total. The van der Waals surface area contributed by atoms with Crippen LogP contribution in [0.25, 0.3) is 0 Å². The van der Waals surface area contributed by atoms with Gasteiger partial charge in [0.05, 0.1) is 16.1 Å². The van der Waals surface area contributed by atoms with E-state index in [4.69, 9.17) is 11.6 Å². The van der Waals surface area contributed by atoms with Crippen LogP contribution in [0.1, 0.15) is 17.6 Å². The lowest BCUT2D eigenvalue weighted by Gasteiger charge is -2.12. The molecule has 84 valence electrons. The minimum atomic E-state index is -4.80. The number of hydrogen-bond acceptors (Lipinski definition) is 1. The molecule has 0 N–H and O–H groups in total. The quantitative estimate of drug-likeness (QED) is 0.551. The van der Waals surface area contributed by atoms with E-state index in [2.05, 4.69) is 20.9 Å². The van der Waals surface area contributed by atoms with Gasteiger partial charge in [-0.2, -0.15) is 13.2 Å². The molecule has 0 unspecified atom stereocenters. The largest absolute Gasteiger partial charge is 0.419 e. The fraction of sp³-hybridized carbons (Fsp3) is 0.286. The smallest absolute Gasteiger partial charge is 0.248 e. The summed E-state index contributed by atoms with van der Waals surface area (Å²) in [5, 5.41) is -1.03. The molecule has 1 aromatic rings. The summed E-state index contributed by atoms with van der Waals surface area (Å²) in [5.41, 5.74) is -2.32. The molecule has 0 amide bonds. The predicted octanol–water partition coefficient (Wildman–Crippen LogP) is 4.45. The third-order valence-corrected chi connectivity index (χ3v) is 2.56. The molecule has 0 bridgehead atoms. The molecule has 0 saturated heterocycles. The molecule has 0 aliphatic rings. The van der Waals surface area contributed by atoms with Crippen LogP contribution in [-0.4, -0.2) is 4.98 Å². The fourth-order valence-corrected chi connectivity index (χ4v) is 1.78. The van der Waals surface area contributed by atoms with Crippen molar-refractivity contribution in [2.24, 2.45) is 0 Å². The Bertz CT molecular complexity index is 378. The van der Waals surface area contributed by atoms with E-state index in [-0.39, 0.29) is 0 Å². The maximum atomic E-state index is 12.3. The standard InChI is InChI=1S/C7H2BrClF5N/c8-5-3(6(10)11)4(9)2(1-15-5)7(12,13)14/h1,6H. The van der Waals surface area contributed by atoms with Crippen molar-refractivity contribution in [3.05, 3.63) is 26.9 Å². The van der Waals surface area contributed by atoms with Gasteiger partial charge in [0.1, 0.15) is 4.60 Å². The van der Waals surface area contributed by atoms with Crippen LogP contribution >= 0.6 is 27.5 Å². The van der Waals surface area contributed by atoms with Gasteiger partial charge in [-0.3, -0.25) is 0 Å². The molecule has 8 heteroatoms. The molecule has 0 saturated carbocycles. The van der Waals surface area contributed by atoms with Crippen molar-refractivity contribution < 1.29 is 22.0 Å². The maximum Gasteiger partial charge on any atom is 0.419 e. The Morgan fingerprint density at radius 1 is 1.33 bits per heavy atom. The molecule has 1 rings (SSSR count). The van der Waals surface area contributed by atoms with Gasteiger partial charge in [-0.25, -0.2) is 13.8 Å². The Balaban J connectivity index is 3.42. The Hall–Kier alpha value is -0.430. The van der Waals surface area contributed by atoms with E-state index in [0.29, 0.717) is 6.20 Å². The van der Waals surface area contributed by atoms with E-state index in [1.807, 2.05) is 0 Å². The highest BCUT2D eigenvalue weighted by Crippen LogP contribution is 2.41. The second-order valence-electron chi connectivity index (χ2n) is 2.49. The van der Waals surface area contributed by atoms with E-state index in [1.54, 1.807) is 0 Å². The molecule has 0 aromatic carbocycles. The van der Waals surface area contributed by atoms with Crippen LogP contribution < -0.4 is 0 Å². The summed E-state index contributed by atoms with van der Waals surface area (Å²) >= 11 is 7.83. The zero-order valence-corrected chi connectivity index (χ0v) is 9.09. The van der Waals surface area contributed by atoms with Crippen LogP contribution in [0.15, 0.2) is 10.8 Å². The minimum absolute atomic E-state index is 0.393. The number of nitrogens with zero attached hydrogens (tertiary/aromatic N) is 1.